The molecule has 2 rings (SSSR count). The van der Waals surface area contributed by atoms with E-state index in [-0.39, 0.29) is 5.91 Å². The molecule has 0 radical (unpaired) electrons. The fourth-order valence-corrected chi connectivity index (χ4v) is 2.23. The van der Waals surface area contributed by atoms with E-state index in [0.717, 1.165) is 0 Å². The summed E-state index contributed by atoms with van der Waals surface area (Å²) in [6, 6.07) is 1.63. The van der Waals surface area contributed by atoms with Gasteiger partial charge >= 0.3 is 0 Å². The van der Waals surface area contributed by atoms with Crippen LogP contribution in [-0.2, 0) is 4.79 Å². The first kappa shape index (κ1) is 11.5. The normalized spacial score (nSPS) is 16.1. The molecule has 0 atom stereocenters. The minimum absolute atomic E-state index is 0.0929. The minimum atomic E-state index is 0.0929. The summed E-state index contributed by atoms with van der Waals surface area (Å²) in [6.45, 7) is 3.14. The van der Waals surface area contributed by atoms with Crippen LogP contribution in [0.1, 0.15) is 13.3 Å². The molecule has 1 aromatic rings. The maximum atomic E-state index is 11.6. The van der Waals surface area contributed by atoms with Crippen LogP contribution in [-0.4, -0.2) is 29.0 Å². The van der Waals surface area contributed by atoms with Crippen LogP contribution in [0.25, 0.3) is 0 Å². The fraction of sp³-hybridized carbons (Fsp3) is 0.400. The van der Waals surface area contributed by atoms with Gasteiger partial charge in [-0.1, -0.05) is 23.2 Å². The Morgan fingerprint density at radius 2 is 2.25 bits per heavy atom. The molecule has 0 unspecified atom stereocenters. The van der Waals surface area contributed by atoms with Gasteiger partial charge in [0.05, 0.1) is 16.6 Å². The topological polar surface area (TPSA) is 36.4 Å². The number of pyridine rings is 1. The van der Waals surface area contributed by atoms with Crippen molar-refractivity contribution >= 4 is 34.9 Å². The van der Waals surface area contributed by atoms with E-state index in [1.807, 2.05) is 6.92 Å². The summed E-state index contributed by atoms with van der Waals surface area (Å²) in [5.74, 6) is 0.675. The summed E-state index contributed by atoms with van der Waals surface area (Å²) in [4.78, 5) is 15.7. The third-order valence-corrected chi connectivity index (χ3v) is 2.93. The average Bonchev–Trinajstić information content (AvgIpc) is 2.59. The molecule has 0 aliphatic carbocycles. The van der Waals surface area contributed by atoms with Crippen molar-refractivity contribution in [2.75, 3.05) is 18.1 Å². The van der Waals surface area contributed by atoms with Gasteiger partial charge in [0.1, 0.15) is 0 Å². The predicted octanol–water partition coefficient (Wildman–Crippen LogP) is 2.36. The van der Waals surface area contributed by atoms with Crippen molar-refractivity contribution in [3.63, 3.8) is 0 Å². The number of carbonyl (C=O) groups is 1. The zero-order chi connectivity index (χ0) is 11.7. The monoisotopic (exact) mass is 259 g/mol. The highest BCUT2D eigenvalue weighted by Gasteiger charge is 2.29. The summed E-state index contributed by atoms with van der Waals surface area (Å²) in [6.07, 6.45) is 2.02. The molecule has 0 N–H and O–H groups in total. The Kier molecular flexibility index (Phi) is 3.21. The van der Waals surface area contributed by atoms with Crippen molar-refractivity contribution in [1.82, 2.24) is 9.99 Å². The van der Waals surface area contributed by atoms with E-state index < -0.39 is 0 Å². The SMILES string of the molecule is CCN1C(=O)CCN1c1ncc(Cl)cc1Cl. The number of nitrogens with zero attached hydrogens (tertiary/aromatic N) is 3. The highest BCUT2D eigenvalue weighted by atomic mass is 35.5. The highest BCUT2D eigenvalue weighted by molar-refractivity contribution is 6.36. The molecule has 1 aromatic heterocycles. The van der Waals surface area contributed by atoms with E-state index in [1.165, 1.54) is 6.20 Å². The number of anilines is 1. The molecule has 2 heterocycles. The molecule has 1 fully saturated rings. The molecule has 0 aromatic carbocycles. The first-order chi connectivity index (χ1) is 7.63. The predicted molar refractivity (Wildman–Crippen MR) is 63.6 cm³/mol. The summed E-state index contributed by atoms with van der Waals surface area (Å²) < 4.78 is 0. The largest absolute Gasteiger partial charge is 0.273 e. The summed E-state index contributed by atoms with van der Waals surface area (Å²) in [7, 11) is 0. The van der Waals surface area contributed by atoms with Gasteiger partial charge in [0, 0.05) is 19.2 Å². The van der Waals surface area contributed by atoms with Crippen molar-refractivity contribution in [3.8, 4) is 0 Å². The third-order valence-electron chi connectivity index (χ3n) is 2.45. The first-order valence-electron chi connectivity index (χ1n) is 5.02. The van der Waals surface area contributed by atoms with Gasteiger partial charge in [0.25, 0.3) is 0 Å². The number of amides is 1. The number of carbonyl (C=O) groups excluding carboxylic acids is 1. The van der Waals surface area contributed by atoms with Crippen molar-refractivity contribution < 1.29 is 4.79 Å². The Morgan fingerprint density at radius 3 is 2.88 bits per heavy atom. The molecular weight excluding hydrogens is 249 g/mol. The molecule has 0 saturated carbocycles. The molecule has 0 spiro atoms. The Labute approximate surface area is 104 Å². The molecule has 0 bridgehead atoms. The second kappa shape index (κ2) is 4.47. The molecule has 16 heavy (non-hydrogen) atoms. The van der Waals surface area contributed by atoms with Gasteiger partial charge in [-0.3, -0.25) is 14.8 Å². The van der Waals surface area contributed by atoms with E-state index in [9.17, 15) is 4.79 Å². The number of halogens is 2. The van der Waals surface area contributed by atoms with Gasteiger partial charge < -0.3 is 0 Å². The van der Waals surface area contributed by atoms with Crippen LogP contribution in [0.2, 0.25) is 10.0 Å². The first-order valence-corrected chi connectivity index (χ1v) is 5.78. The van der Waals surface area contributed by atoms with Gasteiger partial charge in [-0.2, -0.15) is 0 Å². The smallest absolute Gasteiger partial charge is 0.242 e. The van der Waals surface area contributed by atoms with E-state index in [2.05, 4.69) is 4.98 Å². The average molecular weight is 260 g/mol. The van der Waals surface area contributed by atoms with E-state index in [0.29, 0.717) is 35.4 Å². The molecular formula is C10H11Cl2N3O. The lowest BCUT2D eigenvalue weighted by Crippen LogP contribution is -2.39. The van der Waals surface area contributed by atoms with Crippen molar-refractivity contribution in [2.45, 2.75) is 13.3 Å². The van der Waals surface area contributed by atoms with Crippen LogP contribution in [0.5, 0.6) is 0 Å². The zero-order valence-corrected chi connectivity index (χ0v) is 10.3. The van der Waals surface area contributed by atoms with Gasteiger partial charge in [0.2, 0.25) is 5.91 Å². The third kappa shape index (κ3) is 1.95. The van der Waals surface area contributed by atoms with E-state index in [1.54, 1.807) is 16.1 Å². The molecule has 6 heteroatoms. The number of hydrogen-bond acceptors (Lipinski definition) is 3. The second-order valence-electron chi connectivity index (χ2n) is 3.44. The van der Waals surface area contributed by atoms with Gasteiger partial charge in [-0.25, -0.2) is 4.98 Å². The van der Waals surface area contributed by atoms with E-state index in [4.69, 9.17) is 23.2 Å². The number of rotatable bonds is 2. The van der Waals surface area contributed by atoms with Gasteiger partial charge in [0.15, 0.2) is 5.82 Å². The van der Waals surface area contributed by atoms with Crippen LogP contribution in [0.15, 0.2) is 12.3 Å². The molecule has 1 aliphatic rings. The molecule has 4 nitrogen and oxygen atoms in total. The van der Waals surface area contributed by atoms with E-state index >= 15 is 0 Å². The van der Waals surface area contributed by atoms with Crippen molar-refractivity contribution in [1.29, 1.82) is 0 Å². The number of aromatic nitrogens is 1. The van der Waals surface area contributed by atoms with Gasteiger partial charge in [-0.15, -0.1) is 0 Å². The lowest BCUT2D eigenvalue weighted by Gasteiger charge is -2.28. The maximum Gasteiger partial charge on any atom is 0.242 e. The minimum Gasteiger partial charge on any atom is -0.273 e. The second-order valence-corrected chi connectivity index (χ2v) is 4.29. The number of hydrazine groups is 1. The number of hydrogen-bond donors (Lipinski definition) is 0. The van der Waals surface area contributed by atoms with Crippen LogP contribution < -0.4 is 5.01 Å². The summed E-state index contributed by atoms with van der Waals surface area (Å²) >= 11 is 11.8. The van der Waals surface area contributed by atoms with Crippen LogP contribution in [0, 0.1) is 0 Å². The lowest BCUT2D eigenvalue weighted by atomic mass is 10.4. The van der Waals surface area contributed by atoms with Crippen molar-refractivity contribution in [3.05, 3.63) is 22.3 Å². The van der Waals surface area contributed by atoms with Gasteiger partial charge in [-0.05, 0) is 13.0 Å². The Bertz CT molecular complexity index is 425. The molecule has 1 amide bonds. The highest BCUT2D eigenvalue weighted by Crippen LogP contribution is 2.29. The molecule has 86 valence electrons. The summed E-state index contributed by atoms with van der Waals surface area (Å²) in [5.41, 5.74) is 0. The summed E-state index contributed by atoms with van der Waals surface area (Å²) in [5, 5.41) is 4.38. The van der Waals surface area contributed by atoms with Crippen LogP contribution >= 0.6 is 23.2 Å². The maximum absolute atomic E-state index is 11.6. The van der Waals surface area contributed by atoms with Crippen LogP contribution in [0.3, 0.4) is 0 Å². The molecule has 1 aliphatic heterocycles. The Balaban J connectivity index is 2.33. The Hall–Kier alpha value is -1.000. The fourth-order valence-electron chi connectivity index (χ4n) is 1.75. The Morgan fingerprint density at radius 1 is 1.50 bits per heavy atom. The van der Waals surface area contributed by atoms with Crippen LogP contribution in [0.4, 0.5) is 5.82 Å². The lowest BCUT2D eigenvalue weighted by molar-refractivity contribution is -0.127. The zero-order valence-electron chi connectivity index (χ0n) is 8.78. The quantitative estimate of drug-likeness (QED) is 0.819. The standard InChI is InChI=1S/C10H11Cl2N3O/c1-2-14-9(16)3-4-15(14)10-8(12)5-7(11)6-13-10/h5-6H,2-4H2,1H3. The van der Waals surface area contributed by atoms with Crippen molar-refractivity contribution in [2.24, 2.45) is 0 Å². The molecule has 1 saturated heterocycles.